The van der Waals surface area contributed by atoms with Crippen LogP contribution in [0.2, 0.25) is 0 Å². The van der Waals surface area contributed by atoms with Gasteiger partial charge in [0, 0.05) is 9.79 Å². The number of nitrogens with one attached hydrogen (secondary N) is 1. The minimum Gasteiger partial charge on any atom is -0.452 e. The maximum atomic E-state index is 12.6. The zero-order valence-electron chi connectivity index (χ0n) is 15.8. The second-order valence-electron chi connectivity index (χ2n) is 6.92. The van der Waals surface area contributed by atoms with Crippen molar-refractivity contribution in [2.45, 2.75) is 35.1 Å². The average molecular weight is 405 g/mol. The molecule has 0 radical (unpaired) electrons. The summed E-state index contributed by atoms with van der Waals surface area (Å²) in [4.78, 5) is 26.1. The van der Waals surface area contributed by atoms with Gasteiger partial charge in [-0.3, -0.25) is 4.79 Å². The van der Waals surface area contributed by atoms with Crippen LogP contribution in [0.4, 0.5) is 0 Å². The monoisotopic (exact) mass is 405 g/mol. The molecule has 0 heterocycles. The summed E-state index contributed by atoms with van der Waals surface area (Å²) in [5.41, 5.74) is -0.114. The van der Waals surface area contributed by atoms with Gasteiger partial charge in [-0.05, 0) is 49.9 Å². The largest absolute Gasteiger partial charge is 0.452 e. The van der Waals surface area contributed by atoms with E-state index in [2.05, 4.69) is 17.5 Å². The summed E-state index contributed by atoms with van der Waals surface area (Å²) in [5, 5.41) is 21.2. The highest BCUT2D eigenvalue weighted by Crippen LogP contribution is 2.39. The van der Waals surface area contributed by atoms with Gasteiger partial charge in [-0.25, -0.2) is 4.79 Å². The number of carbonyl (C=O) groups is 2. The van der Waals surface area contributed by atoms with Gasteiger partial charge in [-0.15, -0.1) is 0 Å². The van der Waals surface area contributed by atoms with Gasteiger partial charge in [-0.2, -0.15) is 10.5 Å². The summed E-state index contributed by atoms with van der Waals surface area (Å²) in [6.07, 6.45) is 1.80. The van der Waals surface area contributed by atoms with Crippen LogP contribution in [0.3, 0.4) is 0 Å². The summed E-state index contributed by atoms with van der Waals surface area (Å²) in [5.74, 6) is -0.999. The maximum Gasteiger partial charge on any atom is 0.339 e. The zero-order chi connectivity index (χ0) is 20.9. The lowest BCUT2D eigenvalue weighted by Gasteiger charge is -2.22. The highest BCUT2D eigenvalue weighted by molar-refractivity contribution is 7.99. The molecule has 0 aromatic heterocycles. The summed E-state index contributed by atoms with van der Waals surface area (Å²) < 4.78 is 5.18. The molecule has 1 N–H and O–H groups in total. The van der Waals surface area contributed by atoms with E-state index in [1.165, 1.54) is 11.8 Å². The number of hydrogen-bond acceptors (Lipinski definition) is 6. The van der Waals surface area contributed by atoms with Gasteiger partial charge in [0.15, 0.2) is 6.61 Å². The second kappa shape index (κ2) is 8.81. The van der Waals surface area contributed by atoms with Crippen molar-refractivity contribution in [1.29, 1.82) is 10.5 Å². The number of benzene rings is 2. The number of amides is 1. The summed E-state index contributed by atoms with van der Waals surface area (Å²) >= 11 is 1.29. The van der Waals surface area contributed by atoms with Crippen LogP contribution >= 0.6 is 11.8 Å². The van der Waals surface area contributed by atoms with E-state index >= 15 is 0 Å². The molecule has 146 valence electrons. The zero-order valence-corrected chi connectivity index (χ0v) is 16.7. The minimum absolute atomic E-state index is 0.143. The predicted molar refractivity (Wildman–Crippen MR) is 107 cm³/mol. The number of ether oxygens (including phenoxy) is 1. The quantitative estimate of drug-likeness (QED) is 0.705. The molecular formula is C22H19N3O3S. The van der Waals surface area contributed by atoms with E-state index in [0.717, 1.165) is 17.7 Å². The van der Waals surface area contributed by atoms with Crippen molar-refractivity contribution in [2.75, 3.05) is 6.61 Å². The first-order valence-corrected chi connectivity index (χ1v) is 9.94. The molecule has 0 bridgehead atoms. The van der Waals surface area contributed by atoms with E-state index in [4.69, 9.17) is 4.74 Å². The molecule has 1 aliphatic rings. The van der Waals surface area contributed by atoms with Crippen molar-refractivity contribution in [3.8, 4) is 12.1 Å². The third kappa shape index (κ3) is 4.96. The summed E-state index contributed by atoms with van der Waals surface area (Å²) in [7, 11) is 0. The Hall–Kier alpha value is -3.29. The SMILES string of the molecule is C[C@](C#N)(NC(=O)COC(=O)c1ccccc1Sc1ccccc1C#N)C1CC1. The minimum atomic E-state index is -0.932. The van der Waals surface area contributed by atoms with E-state index < -0.39 is 24.0 Å². The molecule has 2 aromatic rings. The number of nitriles is 2. The Bertz CT molecular complexity index is 1020. The molecule has 3 rings (SSSR count). The number of nitrogens with zero attached hydrogens (tertiary/aromatic N) is 2. The first kappa shape index (κ1) is 20.4. The molecule has 1 fully saturated rings. The van der Waals surface area contributed by atoms with Crippen LogP contribution in [0.25, 0.3) is 0 Å². The first-order chi connectivity index (χ1) is 14.0. The van der Waals surface area contributed by atoms with Gasteiger partial charge < -0.3 is 10.1 Å². The smallest absolute Gasteiger partial charge is 0.339 e. The lowest BCUT2D eigenvalue weighted by molar-refractivity contribution is -0.125. The molecule has 1 aliphatic carbocycles. The van der Waals surface area contributed by atoms with Crippen molar-refractivity contribution in [3.63, 3.8) is 0 Å². The van der Waals surface area contributed by atoms with E-state index in [0.29, 0.717) is 16.0 Å². The van der Waals surface area contributed by atoms with Gasteiger partial charge in [-0.1, -0.05) is 36.0 Å². The molecule has 1 saturated carbocycles. The lowest BCUT2D eigenvalue weighted by Crippen LogP contribution is -2.48. The van der Waals surface area contributed by atoms with E-state index in [1.807, 2.05) is 6.07 Å². The van der Waals surface area contributed by atoms with Crippen molar-refractivity contribution >= 4 is 23.6 Å². The van der Waals surface area contributed by atoms with Gasteiger partial charge in [0.25, 0.3) is 5.91 Å². The van der Waals surface area contributed by atoms with Crippen LogP contribution in [0, 0.1) is 28.6 Å². The molecular weight excluding hydrogens is 386 g/mol. The predicted octanol–water partition coefficient (Wildman–Crippen LogP) is 3.67. The van der Waals surface area contributed by atoms with E-state index in [9.17, 15) is 20.1 Å². The Kier molecular flexibility index (Phi) is 6.21. The number of rotatable bonds is 7. The highest BCUT2D eigenvalue weighted by Gasteiger charge is 2.43. The topological polar surface area (TPSA) is 103 Å². The van der Waals surface area contributed by atoms with Gasteiger partial charge in [0.2, 0.25) is 0 Å². The maximum absolute atomic E-state index is 12.6. The van der Waals surface area contributed by atoms with Crippen molar-refractivity contribution in [2.24, 2.45) is 5.92 Å². The van der Waals surface area contributed by atoms with E-state index in [-0.39, 0.29) is 5.92 Å². The van der Waals surface area contributed by atoms with Gasteiger partial charge in [0.1, 0.15) is 11.6 Å². The van der Waals surface area contributed by atoms with E-state index in [1.54, 1.807) is 49.4 Å². The van der Waals surface area contributed by atoms with Crippen molar-refractivity contribution < 1.29 is 14.3 Å². The molecule has 7 heteroatoms. The molecule has 29 heavy (non-hydrogen) atoms. The normalized spacial score (nSPS) is 14.7. The van der Waals surface area contributed by atoms with Crippen molar-refractivity contribution in [3.05, 3.63) is 59.7 Å². The fourth-order valence-corrected chi connectivity index (χ4v) is 3.92. The number of esters is 1. The molecule has 0 spiro atoms. The Labute approximate surface area is 173 Å². The fraction of sp³-hybridized carbons (Fsp3) is 0.273. The van der Waals surface area contributed by atoms with Crippen LogP contribution in [-0.4, -0.2) is 24.0 Å². The molecule has 0 saturated heterocycles. The fourth-order valence-electron chi connectivity index (χ4n) is 2.91. The molecule has 0 aliphatic heterocycles. The standard InChI is InChI=1S/C22H19N3O3S/c1-22(14-24,16-10-11-16)25-20(26)13-28-21(27)17-7-3-5-9-19(17)29-18-8-4-2-6-15(18)12-23/h2-9,16H,10-11,13H2,1H3,(H,25,26)/t22-/m1/s1. The Morgan fingerprint density at radius 2 is 1.79 bits per heavy atom. The Morgan fingerprint density at radius 3 is 2.45 bits per heavy atom. The molecule has 6 nitrogen and oxygen atoms in total. The third-order valence-electron chi connectivity index (χ3n) is 4.69. The van der Waals surface area contributed by atoms with Crippen molar-refractivity contribution in [1.82, 2.24) is 5.32 Å². The average Bonchev–Trinajstić information content (AvgIpc) is 3.59. The van der Waals surface area contributed by atoms with Crippen LogP contribution in [0.1, 0.15) is 35.7 Å². The summed E-state index contributed by atoms with van der Waals surface area (Å²) in [6.45, 7) is 1.22. The Balaban J connectivity index is 1.66. The lowest BCUT2D eigenvalue weighted by atomic mass is 9.98. The number of carbonyl (C=O) groups excluding carboxylic acids is 2. The summed E-state index contributed by atoms with van der Waals surface area (Å²) in [6, 6.07) is 18.2. The van der Waals surface area contributed by atoms with Crippen LogP contribution < -0.4 is 5.32 Å². The first-order valence-electron chi connectivity index (χ1n) is 9.12. The van der Waals surface area contributed by atoms with Crippen LogP contribution in [-0.2, 0) is 9.53 Å². The molecule has 1 atom stereocenters. The second-order valence-corrected chi connectivity index (χ2v) is 8.00. The van der Waals surface area contributed by atoms with Crippen LogP contribution in [0.5, 0.6) is 0 Å². The molecule has 2 aromatic carbocycles. The van der Waals surface area contributed by atoms with Gasteiger partial charge in [0.05, 0.1) is 17.2 Å². The number of hydrogen-bond donors (Lipinski definition) is 1. The molecule has 1 amide bonds. The molecule has 0 unspecified atom stereocenters. The Morgan fingerprint density at radius 1 is 1.14 bits per heavy atom. The van der Waals surface area contributed by atoms with Crippen LogP contribution in [0.15, 0.2) is 58.3 Å². The van der Waals surface area contributed by atoms with Gasteiger partial charge >= 0.3 is 5.97 Å². The third-order valence-corrected chi connectivity index (χ3v) is 5.85. The highest BCUT2D eigenvalue weighted by atomic mass is 32.2.